The molecule has 20 heavy (non-hydrogen) atoms. The van der Waals surface area contributed by atoms with Crippen LogP contribution in [0.3, 0.4) is 0 Å². The Morgan fingerprint density at radius 1 is 1.15 bits per heavy atom. The largest absolute Gasteiger partial charge is 0.444 e. The average Bonchev–Trinajstić information content (AvgIpc) is 2.26. The summed E-state index contributed by atoms with van der Waals surface area (Å²) in [7, 11) is 0. The molecule has 2 amide bonds. The van der Waals surface area contributed by atoms with Gasteiger partial charge < -0.3 is 20.1 Å². The molecule has 116 valence electrons. The van der Waals surface area contributed by atoms with E-state index in [2.05, 4.69) is 5.32 Å². The summed E-state index contributed by atoms with van der Waals surface area (Å²) in [5, 5.41) is 12.4. The van der Waals surface area contributed by atoms with Crippen LogP contribution in [0.5, 0.6) is 0 Å². The normalized spacial score (nSPS) is 17.8. The molecule has 0 bridgehead atoms. The van der Waals surface area contributed by atoms with Crippen molar-refractivity contribution in [2.45, 2.75) is 64.7 Å². The molecule has 0 radical (unpaired) electrons. The van der Waals surface area contributed by atoms with Crippen LogP contribution in [-0.4, -0.2) is 52.3 Å². The highest BCUT2D eigenvalue weighted by Crippen LogP contribution is 2.16. The van der Waals surface area contributed by atoms with Crippen LogP contribution in [0.2, 0.25) is 0 Å². The lowest BCUT2D eigenvalue weighted by Gasteiger charge is -2.34. The van der Waals surface area contributed by atoms with Crippen molar-refractivity contribution in [3.05, 3.63) is 0 Å². The van der Waals surface area contributed by atoms with Crippen LogP contribution in [0.1, 0.15) is 47.5 Å². The third-order valence-corrected chi connectivity index (χ3v) is 3.04. The van der Waals surface area contributed by atoms with Gasteiger partial charge in [-0.15, -0.1) is 0 Å². The predicted molar refractivity (Wildman–Crippen MR) is 75.3 cm³/mol. The first-order valence-electron chi connectivity index (χ1n) is 7.00. The fraction of sp³-hybridized carbons (Fsp3) is 0.857. The number of nitrogens with zero attached hydrogens (tertiary/aromatic N) is 1. The van der Waals surface area contributed by atoms with Gasteiger partial charge in [0.05, 0.1) is 0 Å². The van der Waals surface area contributed by atoms with E-state index in [1.54, 1.807) is 4.90 Å². The van der Waals surface area contributed by atoms with E-state index in [4.69, 9.17) is 4.74 Å². The number of nitrogens with one attached hydrogen (secondary N) is 1. The number of carbonyl (C=O) groups excluding carboxylic acids is 2. The Kier molecular flexibility index (Phi) is 5.02. The molecule has 1 aliphatic rings. The Hall–Kier alpha value is -1.30. The van der Waals surface area contributed by atoms with Crippen molar-refractivity contribution in [1.82, 2.24) is 10.2 Å². The van der Waals surface area contributed by atoms with Crippen molar-refractivity contribution in [3.63, 3.8) is 0 Å². The van der Waals surface area contributed by atoms with Crippen molar-refractivity contribution in [3.8, 4) is 0 Å². The van der Waals surface area contributed by atoms with Gasteiger partial charge in [-0.25, -0.2) is 4.79 Å². The molecule has 0 aliphatic carbocycles. The molecule has 1 saturated heterocycles. The summed E-state index contributed by atoms with van der Waals surface area (Å²) < 4.78 is 5.31. The average molecular weight is 286 g/mol. The maximum absolute atomic E-state index is 11.9. The molecule has 0 aromatic rings. The molecular formula is C14H26N2O4. The minimum atomic E-state index is -1.37. The van der Waals surface area contributed by atoms with Crippen LogP contribution in [0.25, 0.3) is 0 Å². The first kappa shape index (κ1) is 16.8. The van der Waals surface area contributed by atoms with E-state index in [0.717, 1.165) is 0 Å². The second kappa shape index (κ2) is 5.99. The molecule has 0 spiro atoms. The fourth-order valence-electron chi connectivity index (χ4n) is 1.89. The molecule has 1 fully saturated rings. The number of ether oxygens (including phenoxy) is 1. The van der Waals surface area contributed by atoms with Crippen molar-refractivity contribution in [1.29, 1.82) is 0 Å². The monoisotopic (exact) mass is 286 g/mol. The van der Waals surface area contributed by atoms with Gasteiger partial charge in [-0.3, -0.25) is 4.79 Å². The van der Waals surface area contributed by atoms with Crippen molar-refractivity contribution in [2.75, 3.05) is 13.1 Å². The maximum Gasteiger partial charge on any atom is 0.410 e. The summed E-state index contributed by atoms with van der Waals surface area (Å²) >= 11 is 0. The Morgan fingerprint density at radius 2 is 1.65 bits per heavy atom. The van der Waals surface area contributed by atoms with E-state index < -0.39 is 11.2 Å². The van der Waals surface area contributed by atoms with Crippen LogP contribution >= 0.6 is 0 Å². The molecule has 0 atom stereocenters. The Balaban J connectivity index is 2.41. The van der Waals surface area contributed by atoms with E-state index in [9.17, 15) is 14.7 Å². The minimum Gasteiger partial charge on any atom is -0.444 e. The number of carbonyl (C=O) groups is 2. The van der Waals surface area contributed by atoms with Gasteiger partial charge in [0.25, 0.3) is 5.91 Å². The lowest BCUT2D eigenvalue weighted by molar-refractivity contribution is -0.137. The summed E-state index contributed by atoms with van der Waals surface area (Å²) in [6.07, 6.45) is 1.02. The van der Waals surface area contributed by atoms with Gasteiger partial charge in [0.1, 0.15) is 11.2 Å². The van der Waals surface area contributed by atoms with Gasteiger partial charge in [0.15, 0.2) is 0 Å². The molecule has 6 heteroatoms. The van der Waals surface area contributed by atoms with Gasteiger partial charge in [-0.05, 0) is 47.5 Å². The number of likely N-dealkylation sites (tertiary alicyclic amines) is 1. The SMILES string of the molecule is CC(C)(C)OC(=O)N1CCC(NC(=O)C(C)(C)O)CC1. The highest BCUT2D eigenvalue weighted by molar-refractivity contribution is 5.84. The molecule has 0 aromatic heterocycles. The number of rotatable bonds is 2. The second-order valence-corrected chi connectivity index (χ2v) is 6.77. The third kappa shape index (κ3) is 5.36. The quantitative estimate of drug-likeness (QED) is 0.801. The molecular weight excluding hydrogens is 260 g/mol. The fourth-order valence-corrected chi connectivity index (χ4v) is 1.89. The molecule has 2 N–H and O–H groups in total. The third-order valence-electron chi connectivity index (χ3n) is 3.04. The lowest BCUT2D eigenvalue weighted by atomic mass is 10.0. The second-order valence-electron chi connectivity index (χ2n) is 6.77. The molecule has 0 aromatic carbocycles. The van der Waals surface area contributed by atoms with E-state index in [1.165, 1.54) is 13.8 Å². The molecule has 6 nitrogen and oxygen atoms in total. The molecule has 0 saturated carbocycles. The van der Waals surface area contributed by atoms with Gasteiger partial charge in [-0.2, -0.15) is 0 Å². The predicted octanol–water partition coefficient (Wildman–Crippen LogP) is 1.27. The number of amides is 2. The van der Waals surface area contributed by atoms with Gasteiger partial charge >= 0.3 is 6.09 Å². The number of aliphatic hydroxyl groups is 1. The smallest absolute Gasteiger partial charge is 0.410 e. The Bertz CT molecular complexity index is 360. The van der Waals surface area contributed by atoms with Crippen LogP contribution in [-0.2, 0) is 9.53 Å². The molecule has 1 rings (SSSR count). The zero-order valence-electron chi connectivity index (χ0n) is 13.0. The van der Waals surface area contributed by atoms with E-state index in [1.807, 2.05) is 20.8 Å². The highest BCUT2D eigenvalue weighted by Gasteiger charge is 2.30. The summed E-state index contributed by atoms with van der Waals surface area (Å²) in [5.41, 5.74) is -1.87. The summed E-state index contributed by atoms with van der Waals surface area (Å²) in [4.78, 5) is 25.2. The van der Waals surface area contributed by atoms with Gasteiger partial charge in [-0.1, -0.05) is 0 Å². The number of hydrogen-bond acceptors (Lipinski definition) is 4. The topological polar surface area (TPSA) is 78.9 Å². The molecule has 1 aliphatic heterocycles. The number of hydrogen-bond donors (Lipinski definition) is 2. The zero-order valence-corrected chi connectivity index (χ0v) is 13.0. The number of piperidine rings is 1. The summed E-state index contributed by atoms with van der Waals surface area (Å²) in [6.45, 7) is 9.51. The van der Waals surface area contributed by atoms with Crippen LogP contribution in [0.4, 0.5) is 4.79 Å². The molecule has 1 heterocycles. The van der Waals surface area contributed by atoms with Gasteiger partial charge in [0, 0.05) is 19.1 Å². The van der Waals surface area contributed by atoms with Crippen LogP contribution in [0, 0.1) is 0 Å². The maximum atomic E-state index is 11.9. The standard InChI is InChI=1S/C14H26N2O4/c1-13(2,3)20-12(18)16-8-6-10(7-9-16)15-11(17)14(4,5)19/h10,19H,6-9H2,1-5H3,(H,15,17). The highest BCUT2D eigenvalue weighted by atomic mass is 16.6. The first-order valence-corrected chi connectivity index (χ1v) is 7.00. The van der Waals surface area contributed by atoms with Crippen molar-refractivity contribution < 1.29 is 19.4 Å². The summed E-state index contributed by atoms with van der Waals surface area (Å²) in [5.74, 6) is -0.381. The van der Waals surface area contributed by atoms with Crippen molar-refractivity contribution >= 4 is 12.0 Å². The molecule has 0 unspecified atom stereocenters. The van der Waals surface area contributed by atoms with Crippen LogP contribution in [0.15, 0.2) is 0 Å². The Labute approximate surface area is 120 Å². The summed E-state index contributed by atoms with van der Waals surface area (Å²) in [6, 6.07) is -0.00684. The van der Waals surface area contributed by atoms with E-state index >= 15 is 0 Å². The first-order chi connectivity index (χ1) is 8.99. The Morgan fingerprint density at radius 3 is 2.05 bits per heavy atom. The van der Waals surface area contributed by atoms with Crippen LogP contribution < -0.4 is 5.32 Å². The minimum absolute atomic E-state index is 0.00684. The van der Waals surface area contributed by atoms with E-state index in [-0.39, 0.29) is 18.0 Å². The lowest BCUT2D eigenvalue weighted by Crippen LogP contribution is -2.51. The van der Waals surface area contributed by atoms with E-state index in [0.29, 0.717) is 25.9 Å². The zero-order chi connectivity index (χ0) is 15.6. The van der Waals surface area contributed by atoms with Crippen molar-refractivity contribution in [2.24, 2.45) is 0 Å². The van der Waals surface area contributed by atoms with Gasteiger partial charge in [0.2, 0.25) is 0 Å².